The van der Waals surface area contributed by atoms with Crippen molar-refractivity contribution in [3.05, 3.63) is 17.6 Å². The molecular formula is C13H17N3O2. The number of aromatic carboxylic acids is 1. The maximum atomic E-state index is 11.2. The fraction of sp³-hybridized carbons (Fsp3) is 0.615. The summed E-state index contributed by atoms with van der Waals surface area (Å²) in [5.41, 5.74) is 0.223. The molecule has 1 aromatic rings. The Kier molecular flexibility index (Phi) is 2.69. The number of aromatic nitrogens is 2. The number of hydrogen-bond acceptors (Lipinski definition) is 4. The van der Waals surface area contributed by atoms with Crippen LogP contribution in [0.4, 0.5) is 5.82 Å². The van der Waals surface area contributed by atoms with Gasteiger partial charge in [-0.1, -0.05) is 6.42 Å². The molecule has 2 aliphatic rings. The molecular weight excluding hydrogens is 230 g/mol. The Morgan fingerprint density at radius 1 is 1.39 bits per heavy atom. The molecule has 5 heteroatoms. The lowest BCUT2D eigenvalue weighted by molar-refractivity contribution is 0.0696. The van der Waals surface area contributed by atoms with Crippen molar-refractivity contribution in [1.82, 2.24) is 9.97 Å². The van der Waals surface area contributed by atoms with Crippen molar-refractivity contribution in [2.24, 2.45) is 11.8 Å². The van der Waals surface area contributed by atoms with Crippen LogP contribution in [0.3, 0.4) is 0 Å². The highest BCUT2D eigenvalue weighted by molar-refractivity contribution is 5.93. The van der Waals surface area contributed by atoms with Crippen LogP contribution in [0.25, 0.3) is 0 Å². The number of hydrogen-bond donors (Lipinski definition) is 1. The molecule has 2 unspecified atom stereocenters. The lowest BCUT2D eigenvalue weighted by Gasteiger charge is -2.20. The minimum absolute atomic E-state index is 0.223. The van der Waals surface area contributed by atoms with Crippen LogP contribution in [0.5, 0.6) is 0 Å². The van der Waals surface area contributed by atoms with Gasteiger partial charge in [0.1, 0.15) is 17.2 Å². The summed E-state index contributed by atoms with van der Waals surface area (Å²) in [5, 5.41) is 9.21. The normalized spacial score (nSPS) is 26.4. The summed E-state index contributed by atoms with van der Waals surface area (Å²) in [5.74, 6) is 1.74. The van der Waals surface area contributed by atoms with Gasteiger partial charge in [-0.15, -0.1) is 0 Å². The topological polar surface area (TPSA) is 66.3 Å². The van der Waals surface area contributed by atoms with Gasteiger partial charge < -0.3 is 10.0 Å². The number of anilines is 1. The number of carboxylic acids is 1. The second-order valence-electron chi connectivity index (χ2n) is 5.32. The van der Waals surface area contributed by atoms with Crippen molar-refractivity contribution in [1.29, 1.82) is 0 Å². The second-order valence-corrected chi connectivity index (χ2v) is 5.32. The molecule has 2 heterocycles. The molecule has 1 saturated heterocycles. The molecule has 1 N–H and O–H groups in total. The third kappa shape index (κ3) is 1.83. The largest absolute Gasteiger partial charge is 0.477 e. The Morgan fingerprint density at radius 2 is 2.06 bits per heavy atom. The van der Waals surface area contributed by atoms with E-state index in [-0.39, 0.29) is 5.56 Å². The molecule has 0 amide bonds. The Labute approximate surface area is 106 Å². The fourth-order valence-corrected chi connectivity index (χ4v) is 3.26. The zero-order chi connectivity index (χ0) is 12.7. The molecule has 18 heavy (non-hydrogen) atoms. The van der Waals surface area contributed by atoms with Gasteiger partial charge in [-0.25, -0.2) is 14.8 Å². The molecule has 5 nitrogen and oxygen atoms in total. The lowest BCUT2D eigenvalue weighted by Crippen LogP contribution is -2.25. The van der Waals surface area contributed by atoms with Crippen molar-refractivity contribution < 1.29 is 9.90 Å². The van der Waals surface area contributed by atoms with Gasteiger partial charge in [0.15, 0.2) is 0 Å². The monoisotopic (exact) mass is 247 g/mol. The van der Waals surface area contributed by atoms with E-state index in [0.29, 0.717) is 11.6 Å². The molecule has 1 aliphatic carbocycles. The van der Waals surface area contributed by atoms with Crippen LogP contribution in [0.2, 0.25) is 0 Å². The van der Waals surface area contributed by atoms with Gasteiger partial charge in [0.2, 0.25) is 0 Å². The zero-order valence-corrected chi connectivity index (χ0v) is 10.5. The Hall–Kier alpha value is -1.65. The van der Waals surface area contributed by atoms with Crippen molar-refractivity contribution in [2.75, 3.05) is 18.0 Å². The molecule has 1 saturated carbocycles. The van der Waals surface area contributed by atoms with E-state index in [0.717, 1.165) is 24.9 Å². The smallest absolute Gasteiger partial charge is 0.341 e. The van der Waals surface area contributed by atoms with Crippen molar-refractivity contribution in [3.63, 3.8) is 0 Å². The van der Waals surface area contributed by atoms with Crippen LogP contribution in [0.1, 0.15) is 35.4 Å². The first-order valence-electron chi connectivity index (χ1n) is 6.47. The summed E-state index contributed by atoms with van der Waals surface area (Å²) < 4.78 is 0. The first-order chi connectivity index (χ1) is 8.65. The van der Waals surface area contributed by atoms with Gasteiger partial charge in [-0.2, -0.15) is 0 Å². The van der Waals surface area contributed by atoms with Gasteiger partial charge in [-0.05, 0) is 31.6 Å². The van der Waals surface area contributed by atoms with E-state index in [9.17, 15) is 9.90 Å². The van der Waals surface area contributed by atoms with Crippen LogP contribution >= 0.6 is 0 Å². The van der Waals surface area contributed by atoms with Crippen LogP contribution in [0, 0.1) is 18.8 Å². The Bertz CT molecular complexity index is 477. The highest BCUT2D eigenvalue weighted by Crippen LogP contribution is 2.39. The van der Waals surface area contributed by atoms with Gasteiger partial charge in [0.05, 0.1) is 0 Å². The lowest BCUT2D eigenvalue weighted by atomic mass is 10.0. The molecule has 0 spiro atoms. The maximum Gasteiger partial charge on any atom is 0.341 e. The van der Waals surface area contributed by atoms with Gasteiger partial charge in [-0.3, -0.25) is 0 Å². The third-order valence-electron chi connectivity index (χ3n) is 4.15. The van der Waals surface area contributed by atoms with Crippen molar-refractivity contribution in [3.8, 4) is 0 Å². The average Bonchev–Trinajstić information content (AvgIpc) is 2.88. The van der Waals surface area contributed by atoms with E-state index < -0.39 is 5.97 Å². The third-order valence-corrected chi connectivity index (χ3v) is 4.15. The Balaban J connectivity index is 1.92. The standard InChI is InChI=1S/C13H17N3O2/c1-8-14-5-11(13(17)18)12(15-8)16-6-9-3-2-4-10(9)7-16/h5,9-10H,2-4,6-7H2,1H3,(H,17,18). The highest BCUT2D eigenvalue weighted by Gasteiger charge is 2.37. The van der Waals surface area contributed by atoms with Crippen LogP contribution in [-0.4, -0.2) is 34.1 Å². The van der Waals surface area contributed by atoms with Crippen molar-refractivity contribution >= 4 is 11.8 Å². The van der Waals surface area contributed by atoms with E-state index in [1.807, 2.05) is 0 Å². The number of carboxylic acid groups (broad SMARTS) is 1. The number of fused-ring (bicyclic) bond motifs is 1. The molecule has 2 fully saturated rings. The predicted molar refractivity (Wildman–Crippen MR) is 66.8 cm³/mol. The zero-order valence-electron chi connectivity index (χ0n) is 10.5. The summed E-state index contributed by atoms with van der Waals surface area (Å²) in [6, 6.07) is 0. The van der Waals surface area contributed by atoms with E-state index in [4.69, 9.17) is 0 Å². The van der Waals surface area contributed by atoms with Crippen LogP contribution in [-0.2, 0) is 0 Å². The minimum Gasteiger partial charge on any atom is -0.477 e. The van der Waals surface area contributed by atoms with E-state index in [1.165, 1.54) is 25.5 Å². The number of carbonyl (C=O) groups is 1. The molecule has 0 aromatic carbocycles. The first-order valence-corrected chi connectivity index (χ1v) is 6.47. The van der Waals surface area contributed by atoms with Crippen LogP contribution in [0.15, 0.2) is 6.20 Å². The molecule has 96 valence electrons. The SMILES string of the molecule is Cc1ncc(C(=O)O)c(N2CC3CCCC3C2)n1. The highest BCUT2D eigenvalue weighted by atomic mass is 16.4. The Morgan fingerprint density at radius 3 is 2.67 bits per heavy atom. The van der Waals surface area contributed by atoms with Gasteiger partial charge in [0.25, 0.3) is 0 Å². The number of nitrogens with zero attached hydrogens (tertiary/aromatic N) is 3. The predicted octanol–water partition coefficient (Wildman–Crippen LogP) is 1.72. The number of aryl methyl sites for hydroxylation is 1. The van der Waals surface area contributed by atoms with Gasteiger partial charge >= 0.3 is 5.97 Å². The fourth-order valence-electron chi connectivity index (χ4n) is 3.26. The summed E-state index contributed by atoms with van der Waals surface area (Å²) >= 11 is 0. The van der Waals surface area contributed by atoms with E-state index in [2.05, 4.69) is 14.9 Å². The summed E-state index contributed by atoms with van der Waals surface area (Å²) in [4.78, 5) is 21.7. The molecule has 2 atom stereocenters. The molecule has 0 bridgehead atoms. The quantitative estimate of drug-likeness (QED) is 0.862. The summed E-state index contributed by atoms with van der Waals surface area (Å²) in [7, 11) is 0. The summed E-state index contributed by atoms with van der Waals surface area (Å²) in [6.45, 7) is 3.69. The van der Waals surface area contributed by atoms with Crippen molar-refractivity contribution in [2.45, 2.75) is 26.2 Å². The molecule has 1 aliphatic heterocycles. The van der Waals surface area contributed by atoms with E-state index in [1.54, 1.807) is 6.92 Å². The minimum atomic E-state index is -0.943. The second kappa shape index (κ2) is 4.23. The molecule has 3 rings (SSSR count). The molecule has 0 radical (unpaired) electrons. The molecule has 1 aromatic heterocycles. The number of rotatable bonds is 2. The van der Waals surface area contributed by atoms with Gasteiger partial charge in [0, 0.05) is 19.3 Å². The maximum absolute atomic E-state index is 11.2. The summed E-state index contributed by atoms with van der Waals surface area (Å²) in [6.07, 6.45) is 5.28. The van der Waals surface area contributed by atoms with E-state index >= 15 is 0 Å². The first kappa shape index (κ1) is 11.4. The van der Waals surface area contributed by atoms with Crippen LogP contribution < -0.4 is 4.90 Å². The average molecular weight is 247 g/mol.